The van der Waals surface area contributed by atoms with Crippen molar-refractivity contribution in [2.75, 3.05) is 0 Å². The Kier molecular flexibility index (Phi) is 4.81. The van der Waals surface area contributed by atoms with Crippen molar-refractivity contribution in [2.24, 2.45) is 0 Å². The van der Waals surface area contributed by atoms with E-state index >= 15 is 0 Å². The van der Waals surface area contributed by atoms with Crippen molar-refractivity contribution in [2.45, 2.75) is 18.9 Å². The van der Waals surface area contributed by atoms with Crippen molar-refractivity contribution in [3.05, 3.63) is 69.5 Å². The Labute approximate surface area is 121 Å². The lowest BCUT2D eigenvalue weighted by Gasteiger charge is -2.15. The molecule has 0 amide bonds. The molecular weight excluding hydrogens is 286 g/mol. The van der Waals surface area contributed by atoms with Crippen LogP contribution in [0.25, 0.3) is 0 Å². The van der Waals surface area contributed by atoms with Gasteiger partial charge >= 0.3 is 0 Å². The zero-order valence-corrected chi connectivity index (χ0v) is 11.6. The largest absolute Gasteiger partial charge is 0.388 e. The van der Waals surface area contributed by atoms with E-state index < -0.39 is 11.9 Å². The van der Waals surface area contributed by atoms with Crippen LogP contribution in [-0.2, 0) is 6.42 Å². The third-order valence-corrected chi connectivity index (χ3v) is 3.68. The third kappa shape index (κ3) is 3.47. The van der Waals surface area contributed by atoms with Crippen LogP contribution in [0.3, 0.4) is 0 Å². The Balaban J connectivity index is 2.12. The second-order valence-electron chi connectivity index (χ2n) is 4.30. The Bertz CT molecular complexity index is 558. The minimum absolute atomic E-state index is 0.104. The first-order valence-corrected chi connectivity index (χ1v) is 6.70. The van der Waals surface area contributed by atoms with Gasteiger partial charge < -0.3 is 5.11 Å². The topological polar surface area (TPSA) is 20.2 Å². The monoisotopic (exact) mass is 298 g/mol. The van der Waals surface area contributed by atoms with Gasteiger partial charge in [-0.05, 0) is 30.5 Å². The number of hydrogen-bond acceptors (Lipinski definition) is 1. The Morgan fingerprint density at radius 1 is 1.05 bits per heavy atom. The summed E-state index contributed by atoms with van der Waals surface area (Å²) in [6.07, 6.45) is 0.230. The van der Waals surface area contributed by atoms with Gasteiger partial charge in [0.25, 0.3) is 0 Å². The molecule has 2 aromatic rings. The quantitative estimate of drug-likeness (QED) is 0.804. The van der Waals surface area contributed by atoms with Crippen molar-refractivity contribution in [1.29, 1.82) is 0 Å². The van der Waals surface area contributed by atoms with Gasteiger partial charge in [-0.2, -0.15) is 0 Å². The minimum atomic E-state index is -0.879. The van der Waals surface area contributed by atoms with Gasteiger partial charge in [-0.15, -0.1) is 0 Å². The summed E-state index contributed by atoms with van der Waals surface area (Å²) in [4.78, 5) is 0. The normalized spacial score (nSPS) is 12.4. The zero-order chi connectivity index (χ0) is 13.8. The number of aryl methyl sites for hydroxylation is 1. The molecule has 1 nitrogen and oxygen atoms in total. The minimum Gasteiger partial charge on any atom is -0.388 e. The molecule has 0 aromatic heterocycles. The molecular formula is C15H13Cl2FO. The van der Waals surface area contributed by atoms with Crippen LogP contribution < -0.4 is 0 Å². The second kappa shape index (κ2) is 6.38. The standard InChI is InChI=1S/C15H13Cl2FO/c16-11-7-8-12(18)15(17)14(11)13(19)9-6-10-4-2-1-3-5-10/h1-5,7-8,13,19H,6,9H2. The van der Waals surface area contributed by atoms with Crippen LogP contribution in [0.1, 0.15) is 23.7 Å². The van der Waals surface area contributed by atoms with Gasteiger partial charge in [0.05, 0.1) is 11.1 Å². The molecule has 0 fully saturated rings. The average Bonchev–Trinajstić information content (AvgIpc) is 2.42. The van der Waals surface area contributed by atoms with Crippen LogP contribution in [-0.4, -0.2) is 5.11 Å². The molecule has 0 aliphatic carbocycles. The first kappa shape index (κ1) is 14.3. The number of hydrogen-bond donors (Lipinski definition) is 1. The summed E-state index contributed by atoms with van der Waals surface area (Å²) >= 11 is 11.8. The van der Waals surface area contributed by atoms with E-state index in [1.54, 1.807) is 0 Å². The van der Waals surface area contributed by atoms with E-state index in [1.807, 2.05) is 30.3 Å². The summed E-state index contributed by atoms with van der Waals surface area (Å²) in [5, 5.41) is 10.3. The molecule has 0 heterocycles. The molecule has 1 N–H and O–H groups in total. The second-order valence-corrected chi connectivity index (χ2v) is 5.08. The van der Waals surface area contributed by atoms with Gasteiger partial charge in [-0.1, -0.05) is 53.5 Å². The number of rotatable bonds is 4. The van der Waals surface area contributed by atoms with E-state index in [1.165, 1.54) is 12.1 Å². The maximum Gasteiger partial charge on any atom is 0.142 e. The van der Waals surface area contributed by atoms with Gasteiger partial charge in [-0.25, -0.2) is 4.39 Å². The number of benzene rings is 2. The molecule has 2 rings (SSSR count). The Hall–Kier alpha value is -1.09. The molecule has 0 aliphatic heterocycles. The highest BCUT2D eigenvalue weighted by atomic mass is 35.5. The average molecular weight is 299 g/mol. The molecule has 0 saturated heterocycles. The summed E-state index contributed by atoms with van der Waals surface area (Å²) < 4.78 is 13.4. The van der Waals surface area contributed by atoms with Crippen molar-refractivity contribution >= 4 is 23.2 Å². The molecule has 0 radical (unpaired) electrons. The summed E-state index contributed by atoms with van der Waals surface area (Å²) in [5.74, 6) is -0.570. The molecule has 0 bridgehead atoms. The highest BCUT2D eigenvalue weighted by Crippen LogP contribution is 2.34. The van der Waals surface area contributed by atoms with E-state index in [2.05, 4.69) is 0 Å². The highest BCUT2D eigenvalue weighted by Gasteiger charge is 2.18. The van der Waals surface area contributed by atoms with E-state index in [9.17, 15) is 9.50 Å². The number of halogens is 3. The molecule has 4 heteroatoms. The lowest BCUT2D eigenvalue weighted by Crippen LogP contribution is -2.02. The SMILES string of the molecule is OC(CCc1ccccc1)c1c(Cl)ccc(F)c1Cl. The predicted octanol–water partition coefficient (Wildman–Crippen LogP) is 4.80. The first-order chi connectivity index (χ1) is 9.09. The summed E-state index contributed by atoms with van der Waals surface area (Å²) in [5.41, 5.74) is 1.37. The fourth-order valence-electron chi connectivity index (χ4n) is 1.94. The van der Waals surface area contributed by atoms with Crippen LogP contribution in [0.5, 0.6) is 0 Å². The molecule has 100 valence electrons. The summed E-state index contributed by atoms with van der Waals surface area (Å²) in [6.45, 7) is 0. The maximum absolute atomic E-state index is 13.4. The van der Waals surface area contributed by atoms with E-state index in [0.717, 1.165) is 5.56 Å². The van der Waals surface area contributed by atoms with E-state index in [0.29, 0.717) is 12.8 Å². The van der Waals surface area contributed by atoms with Gasteiger partial charge in [0, 0.05) is 10.6 Å². The first-order valence-electron chi connectivity index (χ1n) is 5.95. The van der Waals surface area contributed by atoms with Crippen molar-refractivity contribution in [3.63, 3.8) is 0 Å². The van der Waals surface area contributed by atoms with Gasteiger partial charge in [0.1, 0.15) is 5.82 Å². The molecule has 2 aromatic carbocycles. The Morgan fingerprint density at radius 2 is 1.74 bits per heavy atom. The van der Waals surface area contributed by atoms with Crippen LogP contribution in [0.15, 0.2) is 42.5 Å². The van der Waals surface area contributed by atoms with Gasteiger partial charge in [0.2, 0.25) is 0 Å². The van der Waals surface area contributed by atoms with E-state index in [4.69, 9.17) is 23.2 Å². The van der Waals surface area contributed by atoms with Crippen LogP contribution in [0.2, 0.25) is 10.0 Å². The smallest absolute Gasteiger partial charge is 0.142 e. The summed E-state index contributed by atoms with van der Waals surface area (Å²) in [7, 11) is 0. The number of aliphatic hydroxyl groups excluding tert-OH is 1. The molecule has 19 heavy (non-hydrogen) atoms. The van der Waals surface area contributed by atoms with Gasteiger partial charge in [-0.3, -0.25) is 0 Å². The van der Waals surface area contributed by atoms with Crippen LogP contribution in [0, 0.1) is 5.82 Å². The fourth-order valence-corrected chi connectivity index (χ4v) is 2.56. The molecule has 0 aliphatic rings. The summed E-state index contributed by atoms with van der Waals surface area (Å²) in [6, 6.07) is 12.3. The lowest BCUT2D eigenvalue weighted by atomic mass is 10.0. The number of aliphatic hydroxyl groups is 1. The predicted molar refractivity (Wildman–Crippen MR) is 76.1 cm³/mol. The van der Waals surface area contributed by atoms with Crippen LogP contribution in [0.4, 0.5) is 4.39 Å². The molecule has 0 saturated carbocycles. The molecule has 1 unspecified atom stereocenters. The van der Waals surface area contributed by atoms with Gasteiger partial charge in [0.15, 0.2) is 0 Å². The Morgan fingerprint density at radius 3 is 2.42 bits per heavy atom. The van der Waals surface area contributed by atoms with Crippen molar-refractivity contribution in [1.82, 2.24) is 0 Å². The maximum atomic E-state index is 13.4. The lowest BCUT2D eigenvalue weighted by molar-refractivity contribution is 0.167. The molecule has 0 spiro atoms. The van der Waals surface area contributed by atoms with Crippen LogP contribution >= 0.6 is 23.2 Å². The fraction of sp³-hybridized carbons (Fsp3) is 0.200. The third-order valence-electron chi connectivity index (χ3n) is 2.96. The van der Waals surface area contributed by atoms with E-state index in [-0.39, 0.29) is 15.6 Å². The highest BCUT2D eigenvalue weighted by molar-refractivity contribution is 6.36. The van der Waals surface area contributed by atoms with Crippen molar-refractivity contribution < 1.29 is 9.50 Å². The molecule has 1 atom stereocenters. The van der Waals surface area contributed by atoms with Crippen molar-refractivity contribution in [3.8, 4) is 0 Å². The zero-order valence-electron chi connectivity index (χ0n) is 10.1.